The molecule has 0 bridgehead atoms. The summed E-state index contributed by atoms with van der Waals surface area (Å²) < 4.78 is 17.0. The van der Waals surface area contributed by atoms with E-state index in [1.165, 1.54) is 38.5 Å². The number of carbonyl (C=O) groups excluding carboxylic acids is 3. The number of nitrogens with zero attached hydrogens (tertiary/aromatic N) is 1. The van der Waals surface area contributed by atoms with Gasteiger partial charge in [0.05, 0.1) is 40.3 Å². The van der Waals surface area contributed by atoms with Gasteiger partial charge in [-0.05, 0) is 83.5 Å². The number of allylic oxidation sites excluding steroid dienone is 18. The molecule has 0 aromatic rings. The Morgan fingerprint density at radius 1 is 0.517 bits per heavy atom. The zero-order chi connectivity index (χ0) is 44.2. The van der Waals surface area contributed by atoms with Gasteiger partial charge in [0.25, 0.3) is 0 Å². The van der Waals surface area contributed by atoms with Gasteiger partial charge in [0.1, 0.15) is 12.6 Å². The van der Waals surface area contributed by atoms with Crippen LogP contribution in [0.25, 0.3) is 0 Å². The van der Waals surface area contributed by atoms with Crippen molar-refractivity contribution in [1.82, 2.24) is 0 Å². The highest BCUT2D eigenvalue weighted by molar-refractivity contribution is 5.70. The third kappa shape index (κ3) is 39.5. The molecular weight excluding hydrogens is 751 g/mol. The molecule has 0 aromatic heterocycles. The Hall–Kier alpha value is -4.01. The van der Waals surface area contributed by atoms with E-state index in [2.05, 4.69) is 117 Å². The molecule has 0 N–H and O–H groups in total. The topological polar surface area (TPSA) is 102 Å². The van der Waals surface area contributed by atoms with Crippen LogP contribution < -0.4 is 5.11 Å². The van der Waals surface area contributed by atoms with Crippen molar-refractivity contribution in [2.24, 2.45) is 0 Å². The molecule has 8 heteroatoms. The highest BCUT2D eigenvalue weighted by atomic mass is 16.6. The minimum Gasteiger partial charge on any atom is -0.544 e. The van der Waals surface area contributed by atoms with Crippen LogP contribution in [0, 0.1) is 0 Å². The van der Waals surface area contributed by atoms with E-state index in [1.807, 2.05) is 6.08 Å². The number of hydrogen-bond acceptors (Lipinski definition) is 7. The summed E-state index contributed by atoms with van der Waals surface area (Å²) in [6.45, 7) is 4.39. The van der Waals surface area contributed by atoms with E-state index >= 15 is 0 Å². The van der Waals surface area contributed by atoms with Crippen LogP contribution in [0.15, 0.2) is 109 Å². The first-order valence-corrected chi connectivity index (χ1v) is 22.9. The van der Waals surface area contributed by atoms with Crippen molar-refractivity contribution < 1.29 is 38.2 Å². The lowest BCUT2D eigenvalue weighted by Gasteiger charge is -2.34. The van der Waals surface area contributed by atoms with Gasteiger partial charge in [0.15, 0.2) is 6.10 Å². The summed E-state index contributed by atoms with van der Waals surface area (Å²) in [5.74, 6) is -1.91. The fraction of sp³-hybridized carbons (Fsp3) is 0.596. The summed E-state index contributed by atoms with van der Waals surface area (Å²) in [5.41, 5.74) is 0. The highest BCUT2D eigenvalue weighted by Gasteiger charge is 2.25. The Bertz CT molecular complexity index is 1340. The fourth-order valence-electron chi connectivity index (χ4n) is 5.88. The van der Waals surface area contributed by atoms with Crippen molar-refractivity contribution in [3.05, 3.63) is 109 Å². The maximum absolute atomic E-state index is 12.7. The highest BCUT2D eigenvalue weighted by Crippen LogP contribution is 2.10. The lowest BCUT2D eigenvalue weighted by molar-refractivity contribution is -0.889. The lowest BCUT2D eigenvalue weighted by atomic mass is 10.1. The van der Waals surface area contributed by atoms with Gasteiger partial charge >= 0.3 is 11.9 Å². The monoisotopic (exact) mass is 834 g/mol. The zero-order valence-electron chi connectivity index (χ0n) is 38.3. The molecule has 8 nitrogen and oxygen atoms in total. The van der Waals surface area contributed by atoms with Crippen LogP contribution >= 0.6 is 0 Å². The number of carboxylic acid groups (broad SMARTS) is 1. The largest absolute Gasteiger partial charge is 0.544 e. The van der Waals surface area contributed by atoms with Gasteiger partial charge in [-0.15, -0.1) is 0 Å². The van der Waals surface area contributed by atoms with Crippen molar-refractivity contribution in [1.29, 1.82) is 0 Å². The van der Waals surface area contributed by atoms with Crippen LogP contribution in [0.4, 0.5) is 0 Å². The van der Waals surface area contributed by atoms with Crippen molar-refractivity contribution in [2.75, 3.05) is 41.0 Å². The molecule has 60 heavy (non-hydrogen) atoms. The van der Waals surface area contributed by atoms with Gasteiger partial charge in [-0.2, -0.15) is 0 Å². The summed E-state index contributed by atoms with van der Waals surface area (Å²) >= 11 is 0. The van der Waals surface area contributed by atoms with Crippen LogP contribution in [-0.4, -0.2) is 75.5 Å². The number of esters is 2. The number of unbranched alkanes of at least 4 members (excludes halogenated alkanes) is 7. The number of aliphatic carboxylic acids is 1. The molecule has 0 aliphatic heterocycles. The van der Waals surface area contributed by atoms with Crippen molar-refractivity contribution in [2.45, 2.75) is 161 Å². The molecule has 0 radical (unpaired) electrons. The number of rotatable bonds is 39. The average Bonchev–Trinajstić information content (AvgIpc) is 3.21. The van der Waals surface area contributed by atoms with E-state index in [9.17, 15) is 19.5 Å². The Balaban J connectivity index is 4.51. The van der Waals surface area contributed by atoms with E-state index in [0.717, 1.165) is 64.2 Å². The maximum Gasteiger partial charge on any atom is 0.306 e. The summed E-state index contributed by atoms with van der Waals surface area (Å²) in [5, 5.41) is 11.6. The van der Waals surface area contributed by atoms with Gasteiger partial charge < -0.3 is 28.6 Å². The Labute approximate surface area is 366 Å². The number of carboxylic acids is 1. The van der Waals surface area contributed by atoms with Gasteiger partial charge in [-0.3, -0.25) is 9.59 Å². The number of hydrogen-bond donors (Lipinski definition) is 0. The molecule has 0 saturated carbocycles. The van der Waals surface area contributed by atoms with Crippen LogP contribution in [0.5, 0.6) is 0 Å². The lowest BCUT2D eigenvalue weighted by Crippen LogP contribution is -2.55. The minimum absolute atomic E-state index is 0.00717. The van der Waals surface area contributed by atoms with Crippen LogP contribution in [0.1, 0.15) is 149 Å². The van der Waals surface area contributed by atoms with E-state index < -0.39 is 24.1 Å². The SMILES string of the molecule is CC/C=C/C/C=C/C/C=C/C/C=C/C/C=C/C/C=C/C/C=C/CCCC(=O)OC(COCCC(C(=O)[O-])[N+](C)(C)C)COC(=O)CC/C=C/C/C=C/CCCCCCCC. The Morgan fingerprint density at radius 2 is 0.967 bits per heavy atom. The average molecular weight is 834 g/mol. The van der Waals surface area contributed by atoms with Crippen LogP contribution in [0.3, 0.4) is 0 Å². The Kier molecular flexibility index (Phi) is 38.9. The molecule has 2 atom stereocenters. The second-order valence-electron chi connectivity index (χ2n) is 15.9. The molecule has 0 fully saturated rings. The quantitative estimate of drug-likeness (QED) is 0.0263. The van der Waals surface area contributed by atoms with Crippen molar-refractivity contribution >= 4 is 17.9 Å². The summed E-state index contributed by atoms with van der Waals surface area (Å²) in [7, 11) is 5.36. The summed E-state index contributed by atoms with van der Waals surface area (Å²) in [6, 6.07) is -0.750. The van der Waals surface area contributed by atoms with Gasteiger partial charge in [0.2, 0.25) is 0 Å². The molecule has 0 aliphatic rings. The maximum atomic E-state index is 12.7. The fourth-order valence-corrected chi connectivity index (χ4v) is 5.88. The number of carbonyl (C=O) groups is 3. The normalized spacial score (nSPS) is 13.9. The smallest absolute Gasteiger partial charge is 0.306 e. The Morgan fingerprint density at radius 3 is 1.45 bits per heavy atom. The van der Waals surface area contributed by atoms with E-state index in [1.54, 1.807) is 21.1 Å². The molecule has 0 aromatic carbocycles. The second kappa shape index (κ2) is 41.7. The van der Waals surface area contributed by atoms with E-state index in [4.69, 9.17) is 14.2 Å². The second-order valence-corrected chi connectivity index (χ2v) is 15.9. The molecule has 0 amide bonds. The first-order valence-electron chi connectivity index (χ1n) is 22.9. The van der Waals surface area contributed by atoms with Crippen LogP contribution in [-0.2, 0) is 28.6 Å². The van der Waals surface area contributed by atoms with Crippen molar-refractivity contribution in [3.63, 3.8) is 0 Å². The number of quaternary nitrogens is 1. The molecule has 0 spiro atoms. The van der Waals surface area contributed by atoms with Gasteiger partial charge in [-0.25, -0.2) is 0 Å². The molecule has 0 heterocycles. The van der Waals surface area contributed by atoms with Gasteiger partial charge in [-0.1, -0.05) is 155 Å². The standard InChI is InChI=1S/C52H83NO7/c1-6-8-10-12-14-16-18-20-21-22-23-24-25-26-27-28-29-31-33-35-37-39-41-43-51(55)60-48(46-58-45-44-49(52(56)57)53(3,4)5)47-59-50(54)42-40-38-36-34-32-30-19-17-15-13-11-9-7-2/h8,10,14,16,20-21,23-24,26-27,29-32,35-38,48-49H,6-7,9,11-13,15,17-19,22,25,28,33-34,39-47H2,1-5H3/b10-8+,16-14+,21-20+,24-23+,27-26+,31-29+,32-30+,37-35+,38-36+. The zero-order valence-corrected chi connectivity index (χ0v) is 38.3. The van der Waals surface area contributed by atoms with E-state index in [-0.39, 0.29) is 49.5 Å². The first-order chi connectivity index (χ1) is 29.1. The molecule has 0 saturated heterocycles. The summed E-state index contributed by atoms with van der Waals surface area (Å²) in [6.07, 6.45) is 57.1. The summed E-state index contributed by atoms with van der Waals surface area (Å²) in [4.78, 5) is 36.8. The molecular formula is C52H83NO7. The minimum atomic E-state index is -1.15. The van der Waals surface area contributed by atoms with Crippen LogP contribution in [0.2, 0.25) is 0 Å². The van der Waals surface area contributed by atoms with Crippen molar-refractivity contribution in [3.8, 4) is 0 Å². The third-order valence-electron chi connectivity index (χ3n) is 9.41. The molecule has 0 rings (SSSR count). The third-order valence-corrected chi connectivity index (χ3v) is 9.41. The van der Waals surface area contributed by atoms with E-state index in [0.29, 0.717) is 12.8 Å². The predicted octanol–water partition coefficient (Wildman–Crippen LogP) is 11.5. The predicted molar refractivity (Wildman–Crippen MR) is 249 cm³/mol. The number of likely N-dealkylation sites (N-methyl/N-ethyl adjacent to an activating group) is 1. The number of ether oxygens (including phenoxy) is 3. The molecule has 0 aliphatic carbocycles. The molecule has 338 valence electrons. The van der Waals surface area contributed by atoms with Gasteiger partial charge in [0, 0.05) is 19.3 Å². The molecule has 2 unspecified atom stereocenters. The first kappa shape index (κ1) is 56.0.